The van der Waals surface area contributed by atoms with E-state index in [1.807, 2.05) is 31.4 Å². The third-order valence-corrected chi connectivity index (χ3v) is 3.16. The predicted octanol–water partition coefficient (Wildman–Crippen LogP) is 1.74. The van der Waals surface area contributed by atoms with Gasteiger partial charge in [-0.05, 0) is 25.2 Å². The number of aryl methyl sites for hydroxylation is 1. The van der Waals surface area contributed by atoms with E-state index in [9.17, 15) is 4.79 Å². The SMILES string of the molecule is CNCNC(=O)c1ccc(-c2ccc3cn(C)nc3c2)o1. The lowest BCUT2D eigenvalue weighted by atomic mass is 10.1. The molecule has 2 heterocycles. The lowest BCUT2D eigenvalue weighted by molar-refractivity contribution is 0.0924. The van der Waals surface area contributed by atoms with Gasteiger partial charge < -0.3 is 15.1 Å². The Bertz CT molecular complexity index is 788. The molecule has 0 radical (unpaired) electrons. The topological polar surface area (TPSA) is 72.1 Å². The molecule has 0 bridgehead atoms. The number of hydrogen-bond acceptors (Lipinski definition) is 4. The zero-order chi connectivity index (χ0) is 14.8. The molecule has 21 heavy (non-hydrogen) atoms. The second-order valence-corrected chi connectivity index (χ2v) is 4.78. The van der Waals surface area contributed by atoms with Crippen molar-refractivity contribution in [3.63, 3.8) is 0 Å². The van der Waals surface area contributed by atoms with Crippen LogP contribution < -0.4 is 10.6 Å². The van der Waals surface area contributed by atoms with Crippen molar-refractivity contribution < 1.29 is 9.21 Å². The normalized spacial score (nSPS) is 11.0. The molecule has 3 aromatic rings. The lowest BCUT2D eigenvalue weighted by Gasteiger charge is -2.01. The molecule has 1 amide bonds. The van der Waals surface area contributed by atoms with Gasteiger partial charge in [-0.3, -0.25) is 9.48 Å². The highest BCUT2D eigenvalue weighted by molar-refractivity contribution is 5.92. The minimum atomic E-state index is -0.241. The van der Waals surface area contributed by atoms with E-state index >= 15 is 0 Å². The fourth-order valence-electron chi connectivity index (χ4n) is 2.16. The number of fused-ring (bicyclic) bond motifs is 1. The van der Waals surface area contributed by atoms with Crippen molar-refractivity contribution in [1.29, 1.82) is 0 Å². The molecule has 0 spiro atoms. The summed E-state index contributed by atoms with van der Waals surface area (Å²) in [5.74, 6) is 0.702. The van der Waals surface area contributed by atoms with Crippen LogP contribution in [0.5, 0.6) is 0 Å². The molecule has 0 atom stereocenters. The fourth-order valence-corrected chi connectivity index (χ4v) is 2.16. The molecule has 0 saturated heterocycles. The summed E-state index contributed by atoms with van der Waals surface area (Å²) < 4.78 is 7.38. The van der Waals surface area contributed by atoms with E-state index in [0.717, 1.165) is 16.5 Å². The van der Waals surface area contributed by atoms with Gasteiger partial charge in [0.15, 0.2) is 5.76 Å². The molecule has 0 saturated carbocycles. The summed E-state index contributed by atoms with van der Waals surface area (Å²) in [5.41, 5.74) is 1.79. The van der Waals surface area contributed by atoms with Gasteiger partial charge in [-0.15, -0.1) is 0 Å². The first-order valence-electron chi connectivity index (χ1n) is 6.64. The average molecular weight is 284 g/mol. The highest BCUT2D eigenvalue weighted by atomic mass is 16.3. The maximum Gasteiger partial charge on any atom is 0.288 e. The molecule has 6 heteroatoms. The molecular formula is C15H16N4O2. The van der Waals surface area contributed by atoms with Crippen LogP contribution in [0.4, 0.5) is 0 Å². The zero-order valence-electron chi connectivity index (χ0n) is 11.9. The molecule has 0 aliphatic rings. The second-order valence-electron chi connectivity index (χ2n) is 4.78. The molecule has 2 aromatic heterocycles. The number of carbonyl (C=O) groups excluding carboxylic acids is 1. The number of hydrogen-bond donors (Lipinski definition) is 2. The third kappa shape index (κ3) is 2.66. The first-order valence-corrected chi connectivity index (χ1v) is 6.64. The summed E-state index contributed by atoms with van der Waals surface area (Å²) in [7, 11) is 3.65. The summed E-state index contributed by atoms with van der Waals surface area (Å²) in [6, 6.07) is 9.35. The number of nitrogens with one attached hydrogen (secondary N) is 2. The summed E-state index contributed by atoms with van der Waals surface area (Å²) in [6.45, 7) is 0.398. The maximum atomic E-state index is 11.8. The fraction of sp³-hybridized carbons (Fsp3) is 0.200. The molecule has 6 nitrogen and oxygen atoms in total. The summed E-state index contributed by atoms with van der Waals surface area (Å²) >= 11 is 0. The number of furan rings is 1. The lowest BCUT2D eigenvalue weighted by Crippen LogP contribution is -2.31. The first kappa shape index (κ1) is 13.4. The highest BCUT2D eigenvalue weighted by Gasteiger charge is 2.12. The van der Waals surface area contributed by atoms with Crippen molar-refractivity contribution in [2.45, 2.75) is 0 Å². The summed E-state index contributed by atoms with van der Waals surface area (Å²) in [5, 5.41) is 11.0. The molecule has 2 N–H and O–H groups in total. The Morgan fingerprint density at radius 2 is 2.19 bits per heavy atom. The van der Waals surface area contributed by atoms with Crippen molar-refractivity contribution in [2.75, 3.05) is 13.7 Å². The van der Waals surface area contributed by atoms with Crippen LogP contribution in [0, 0.1) is 0 Å². The number of carbonyl (C=O) groups is 1. The Balaban J connectivity index is 1.88. The van der Waals surface area contributed by atoms with Crippen LogP contribution in [0.15, 0.2) is 40.9 Å². The van der Waals surface area contributed by atoms with Gasteiger partial charge in [0, 0.05) is 24.2 Å². The number of rotatable bonds is 4. The van der Waals surface area contributed by atoms with Crippen molar-refractivity contribution >= 4 is 16.8 Å². The van der Waals surface area contributed by atoms with Crippen LogP contribution in [-0.2, 0) is 7.05 Å². The van der Waals surface area contributed by atoms with E-state index < -0.39 is 0 Å². The van der Waals surface area contributed by atoms with Crippen LogP contribution in [0.1, 0.15) is 10.6 Å². The standard InChI is InChI=1S/C15H16N4O2/c1-16-9-17-15(20)14-6-5-13(21-14)10-3-4-11-8-19(2)18-12(11)7-10/h3-8,16H,9H2,1-2H3,(H,17,20). The van der Waals surface area contributed by atoms with Gasteiger partial charge in [-0.25, -0.2) is 0 Å². The maximum absolute atomic E-state index is 11.8. The van der Waals surface area contributed by atoms with Crippen LogP contribution in [0.3, 0.4) is 0 Å². The average Bonchev–Trinajstić information content (AvgIpc) is 3.09. The van der Waals surface area contributed by atoms with Crippen LogP contribution in [-0.4, -0.2) is 29.4 Å². The van der Waals surface area contributed by atoms with Gasteiger partial charge in [0.05, 0.1) is 12.2 Å². The Morgan fingerprint density at radius 1 is 1.33 bits per heavy atom. The smallest absolute Gasteiger partial charge is 0.288 e. The van der Waals surface area contributed by atoms with Crippen LogP contribution in [0.2, 0.25) is 0 Å². The van der Waals surface area contributed by atoms with Gasteiger partial charge in [0.1, 0.15) is 5.76 Å². The Kier molecular flexibility index (Phi) is 3.45. The number of nitrogens with zero attached hydrogens (tertiary/aromatic N) is 2. The minimum Gasteiger partial charge on any atom is -0.451 e. The number of aromatic nitrogens is 2. The Hall–Kier alpha value is -2.60. The first-order chi connectivity index (χ1) is 10.2. The highest BCUT2D eigenvalue weighted by Crippen LogP contribution is 2.25. The number of benzene rings is 1. The van der Waals surface area contributed by atoms with E-state index in [4.69, 9.17) is 4.42 Å². The van der Waals surface area contributed by atoms with E-state index in [1.54, 1.807) is 23.9 Å². The van der Waals surface area contributed by atoms with Crippen molar-refractivity contribution in [2.24, 2.45) is 7.05 Å². The van der Waals surface area contributed by atoms with Crippen molar-refractivity contribution in [3.05, 3.63) is 42.3 Å². The quantitative estimate of drug-likeness (QED) is 0.716. The van der Waals surface area contributed by atoms with Gasteiger partial charge in [0.2, 0.25) is 0 Å². The Morgan fingerprint density at radius 3 is 3.00 bits per heavy atom. The molecule has 1 aromatic carbocycles. The largest absolute Gasteiger partial charge is 0.451 e. The molecule has 0 aliphatic heterocycles. The predicted molar refractivity (Wildman–Crippen MR) is 79.8 cm³/mol. The van der Waals surface area contributed by atoms with E-state index in [0.29, 0.717) is 18.2 Å². The van der Waals surface area contributed by atoms with E-state index in [1.165, 1.54) is 0 Å². The molecule has 108 valence electrons. The second kappa shape index (κ2) is 5.41. The molecule has 3 rings (SSSR count). The molecular weight excluding hydrogens is 268 g/mol. The molecule has 0 aliphatic carbocycles. The zero-order valence-corrected chi connectivity index (χ0v) is 11.9. The number of amides is 1. The van der Waals surface area contributed by atoms with Crippen molar-refractivity contribution in [3.8, 4) is 11.3 Å². The summed E-state index contributed by atoms with van der Waals surface area (Å²) in [4.78, 5) is 11.8. The third-order valence-electron chi connectivity index (χ3n) is 3.16. The van der Waals surface area contributed by atoms with E-state index in [2.05, 4.69) is 15.7 Å². The van der Waals surface area contributed by atoms with Gasteiger partial charge >= 0.3 is 0 Å². The Labute approximate surface area is 121 Å². The minimum absolute atomic E-state index is 0.241. The van der Waals surface area contributed by atoms with Gasteiger partial charge in [0.25, 0.3) is 5.91 Å². The van der Waals surface area contributed by atoms with Crippen molar-refractivity contribution in [1.82, 2.24) is 20.4 Å². The molecule has 0 fully saturated rings. The van der Waals surface area contributed by atoms with Gasteiger partial charge in [-0.1, -0.05) is 12.1 Å². The van der Waals surface area contributed by atoms with Crippen LogP contribution in [0.25, 0.3) is 22.2 Å². The van der Waals surface area contributed by atoms with Gasteiger partial charge in [-0.2, -0.15) is 5.10 Å². The van der Waals surface area contributed by atoms with Crippen LogP contribution >= 0.6 is 0 Å². The molecule has 0 unspecified atom stereocenters. The monoisotopic (exact) mass is 284 g/mol. The van der Waals surface area contributed by atoms with E-state index in [-0.39, 0.29) is 5.91 Å². The summed E-state index contributed by atoms with van der Waals surface area (Å²) in [6.07, 6.45) is 1.96.